The van der Waals surface area contributed by atoms with Crippen molar-refractivity contribution in [3.63, 3.8) is 0 Å². The standard InChI is InChI=1S/C11H20N4O/c1-4-5-8(2)7-16-11-6-10(15-12)13-9(3)14-11/h6,8H,4-5,7,12H2,1-3H3,(H,13,14,15). The van der Waals surface area contributed by atoms with E-state index in [4.69, 9.17) is 10.6 Å². The minimum absolute atomic E-state index is 0.537. The van der Waals surface area contributed by atoms with Crippen molar-refractivity contribution < 1.29 is 4.74 Å². The van der Waals surface area contributed by atoms with E-state index in [1.54, 1.807) is 6.07 Å². The summed E-state index contributed by atoms with van der Waals surface area (Å²) < 4.78 is 5.60. The molecule has 1 aromatic rings. The molecule has 0 fully saturated rings. The molecule has 16 heavy (non-hydrogen) atoms. The molecule has 5 heteroatoms. The third-order valence-electron chi connectivity index (χ3n) is 2.26. The van der Waals surface area contributed by atoms with Crippen LogP contribution in [0.25, 0.3) is 0 Å². The quantitative estimate of drug-likeness (QED) is 0.570. The molecular formula is C11H20N4O. The maximum absolute atomic E-state index is 5.60. The second-order valence-corrected chi connectivity index (χ2v) is 3.99. The molecule has 0 aliphatic carbocycles. The summed E-state index contributed by atoms with van der Waals surface area (Å²) in [6.07, 6.45) is 2.33. The Morgan fingerprint density at radius 2 is 2.25 bits per heavy atom. The fourth-order valence-corrected chi connectivity index (χ4v) is 1.49. The van der Waals surface area contributed by atoms with E-state index < -0.39 is 0 Å². The molecular weight excluding hydrogens is 204 g/mol. The van der Waals surface area contributed by atoms with Crippen LogP contribution < -0.4 is 16.0 Å². The molecule has 0 radical (unpaired) electrons. The first-order chi connectivity index (χ1) is 7.65. The van der Waals surface area contributed by atoms with E-state index >= 15 is 0 Å². The summed E-state index contributed by atoms with van der Waals surface area (Å²) in [5, 5.41) is 0. The highest BCUT2D eigenvalue weighted by molar-refractivity contribution is 5.36. The highest BCUT2D eigenvalue weighted by Crippen LogP contribution is 2.14. The number of rotatable bonds is 6. The van der Waals surface area contributed by atoms with Gasteiger partial charge in [0.2, 0.25) is 5.88 Å². The SMILES string of the molecule is CCCC(C)COc1cc(NN)nc(C)n1. The number of hydrazine groups is 1. The third-order valence-corrected chi connectivity index (χ3v) is 2.26. The third kappa shape index (κ3) is 4.02. The minimum Gasteiger partial charge on any atom is -0.477 e. The van der Waals surface area contributed by atoms with Gasteiger partial charge in [0.25, 0.3) is 0 Å². The molecule has 0 aromatic carbocycles. The van der Waals surface area contributed by atoms with Gasteiger partial charge >= 0.3 is 0 Å². The van der Waals surface area contributed by atoms with Crippen LogP contribution in [0.5, 0.6) is 5.88 Å². The van der Waals surface area contributed by atoms with Crippen LogP contribution in [-0.2, 0) is 0 Å². The molecule has 0 aliphatic rings. The van der Waals surface area contributed by atoms with E-state index in [1.165, 1.54) is 6.42 Å². The van der Waals surface area contributed by atoms with E-state index in [-0.39, 0.29) is 0 Å². The Kier molecular flexibility index (Phi) is 4.98. The second kappa shape index (κ2) is 6.27. The minimum atomic E-state index is 0.537. The molecule has 0 saturated heterocycles. The maximum Gasteiger partial charge on any atom is 0.218 e. The van der Waals surface area contributed by atoms with Gasteiger partial charge in [0.15, 0.2) is 0 Å². The normalized spacial score (nSPS) is 12.2. The van der Waals surface area contributed by atoms with Gasteiger partial charge in [-0.05, 0) is 19.3 Å². The topological polar surface area (TPSA) is 73.1 Å². The first-order valence-corrected chi connectivity index (χ1v) is 5.60. The highest BCUT2D eigenvalue weighted by Gasteiger charge is 2.05. The molecule has 1 unspecified atom stereocenters. The summed E-state index contributed by atoms with van der Waals surface area (Å²) in [4.78, 5) is 8.27. The van der Waals surface area contributed by atoms with Crippen LogP contribution in [0.2, 0.25) is 0 Å². The number of ether oxygens (including phenoxy) is 1. The van der Waals surface area contributed by atoms with Gasteiger partial charge in [-0.25, -0.2) is 10.8 Å². The molecule has 0 spiro atoms. The van der Waals surface area contributed by atoms with Gasteiger partial charge in [-0.15, -0.1) is 0 Å². The molecule has 0 saturated carbocycles. The largest absolute Gasteiger partial charge is 0.477 e. The molecule has 3 N–H and O–H groups in total. The molecule has 0 amide bonds. The summed E-state index contributed by atoms with van der Waals surface area (Å²) in [5.41, 5.74) is 2.49. The van der Waals surface area contributed by atoms with Gasteiger partial charge in [-0.3, -0.25) is 0 Å². The van der Waals surface area contributed by atoms with Crippen LogP contribution in [0.4, 0.5) is 5.82 Å². The Labute approximate surface area is 96.4 Å². The lowest BCUT2D eigenvalue weighted by molar-refractivity contribution is 0.242. The van der Waals surface area contributed by atoms with E-state index in [9.17, 15) is 0 Å². The maximum atomic E-state index is 5.60. The Morgan fingerprint density at radius 3 is 2.88 bits per heavy atom. The Bertz CT molecular complexity index is 330. The van der Waals surface area contributed by atoms with E-state index in [0.29, 0.717) is 30.0 Å². The van der Waals surface area contributed by atoms with Crippen molar-refractivity contribution in [2.45, 2.75) is 33.6 Å². The predicted octanol–water partition coefficient (Wildman–Crippen LogP) is 1.89. The Morgan fingerprint density at radius 1 is 1.50 bits per heavy atom. The van der Waals surface area contributed by atoms with Crippen molar-refractivity contribution in [2.75, 3.05) is 12.0 Å². The summed E-state index contributed by atoms with van der Waals surface area (Å²) >= 11 is 0. The Hall–Kier alpha value is -1.36. The first-order valence-electron chi connectivity index (χ1n) is 5.60. The van der Waals surface area contributed by atoms with Crippen LogP contribution in [0.3, 0.4) is 0 Å². The van der Waals surface area contributed by atoms with Gasteiger partial charge in [-0.2, -0.15) is 4.98 Å². The van der Waals surface area contributed by atoms with Crippen LogP contribution >= 0.6 is 0 Å². The summed E-state index contributed by atoms with van der Waals surface area (Å²) in [6, 6.07) is 1.70. The molecule has 1 aromatic heterocycles. The molecule has 0 aliphatic heterocycles. The number of aromatic nitrogens is 2. The van der Waals surface area contributed by atoms with E-state index in [0.717, 1.165) is 6.42 Å². The van der Waals surface area contributed by atoms with Crippen LogP contribution in [-0.4, -0.2) is 16.6 Å². The molecule has 0 bridgehead atoms. The molecule has 1 heterocycles. The predicted molar refractivity (Wildman–Crippen MR) is 64.1 cm³/mol. The number of nitrogens with one attached hydrogen (secondary N) is 1. The number of anilines is 1. The number of nitrogens with zero attached hydrogens (tertiary/aromatic N) is 2. The first kappa shape index (κ1) is 12.7. The highest BCUT2D eigenvalue weighted by atomic mass is 16.5. The smallest absolute Gasteiger partial charge is 0.218 e. The zero-order valence-electron chi connectivity index (χ0n) is 10.2. The molecule has 1 rings (SSSR count). The molecule has 90 valence electrons. The van der Waals surface area contributed by atoms with Crippen molar-refractivity contribution >= 4 is 5.82 Å². The van der Waals surface area contributed by atoms with Gasteiger partial charge in [0.1, 0.15) is 11.6 Å². The second-order valence-electron chi connectivity index (χ2n) is 3.99. The lowest BCUT2D eigenvalue weighted by atomic mass is 10.1. The summed E-state index contributed by atoms with van der Waals surface area (Å²) in [5.74, 6) is 7.63. The summed E-state index contributed by atoms with van der Waals surface area (Å²) in [7, 11) is 0. The van der Waals surface area contributed by atoms with Crippen LogP contribution in [0, 0.1) is 12.8 Å². The number of aryl methyl sites for hydroxylation is 1. The number of hydrogen-bond acceptors (Lipinski definition) is 5. The number of nitrogens with two attached hydrogens (primary N) is 1. The zero-order valence-corrected chi connectivity index (χ0v) is 10.2. The fourth-order valence-electron chi connectivity index (χ4n) is 1.49. The van der Waals surface area contributed by atoms with E-state index in [2.05, 4.69) is 29.2 Å². The lowest BCUT2D eigenvalue weighted by Gasteiger charge is -2.12. The van der Waals surface area contributed by atoms with Crippen LogP contribution in [0.1, 0.15) is 32.5 Å². The monoisotopic (exact) mass is 224 g/mol. The fraction of sp³-hybridized carbons (Fsp3) is 0.636. The van der Waals surface area contributed by atoms with Gasteiger partial charge in [0, 0.05) is 6.07 Å². The Balaban J connectivity index is 2.56. The van der Waals surface area contributed by atoms with Gasteiger partial charge < -0.3 is 10.2 Å². The number of hydrogen-bond donors (Lipinski definition) is 2. The summed E-state index contributed by atoms with van der Waals surface area (Å²) in [6.45, 7) is 6.82. The van der Waals surface area contributed by atoms with Crippen molar-refractivity contribution in [3.8, 4) is 5.88 Å². The van der Waals surface area contributed by atoms with Crippen LogP contribution in [0.15, 0.2) is 6.07 Å². The van der Waals surface area contributed by atoms with Crippen molar-refractivity contribution in [2.24, 2.45) is 11.8 Å². The average Bonchev–Trinajstić information content (AvgIpc) is 2.26. The van der Waals surface area contributed by atoms with Crippen molar-refractivity contribution in [1.82, 2.24) is 9.97 Å². The number of nitrogen functional groups attached to an aromatic ring is 1. The van der Waals surface area contributed by atoms with Crippen molar-refractivity contribution in [3.05, 3.63) is 11.9 Å². The van der Waals surface area contributed by atoms with Gasteiger partial charge in [0.05, 0.1) is 6.61 Å². The molecule has 5 nitrogen and oxygen atoms in total. The zero-order chi connectivity index (χ0) is 12.0. The molecule has 1 atom stereocenters. The lowest BCUT2D eigenvalue weighted by Crippen LogP contribution is -2.12. The van der Waals surface area contributed by atoms with E-state index in [1.807, 2.05) is 6.92 Å². The van der Waals surface area contributed by atoms with Gasteiger partial charge in [-0.1, -0.05) is 20.3 Å². The van der Waals surface area contributed by atoms with Crippen molar-refractivity contribution in [1.29, 1.82) is 0 Å². The average molecular weight is 224 g/mol.